The Labute approximate surface area is 185 Å². The summed E-state index contributed by atoms with van der Waals surface area (Å²) in [6.07, 6.45) is 1.70. The number of aromatic nitrogens is 1. The van der Waals surface area contributed by atoms with Gasteiger partial charge in [-0.05, 0) is 55.8 Å². The van der Waals surface area contributed by atoms with Gasteiger partial charge in [-0.25, -0.2) is 9.78 Å². The third-order valence-electron chi connectivity index (χ3n) is 4.60. The molecule has 0 saturated carbocycles. The smallest absolute Gasteiger partial charge is 0.343 e. The minimum Gasteiger partial charge on any atom is -0.423 e. The molecule has 4 rings (SSSR count). The average molecular weight is 428 g/mol. The number of benzene rings is 3. The van der Waals surface area contributed by atoms with E-state index in [1.807, 2.05) is 68.4 Å². The van der Waals surface area contributed by atoms with Crippen LogP contribution in [0.2, 0.25) is 0 Å². The minimum atomic E-state index is -0.378. The summed E-state index contributed by atoms with van der Waals surface area (Å²) in [5.41, 5.74) is 7.53. The molecule has 154 valence electrons. The van der Waals surface area contributed by atoms with Gasteiger partial charge in [0.2, 0.25) is 5.13 Å². The molecule has 0 atom stereocenters. The van der Waals surface area contributed by atoms with Crippen molar-refractivity contribution >= 4 is 28.7 Å². The number of esters is 1. The number of carbonyl (C=O) groups is 1. The van der Waals surface area contributed by atoms with Crippen molar-refractivity contribution in [2.75, 3.05) is 5.43 Å². The molecule has 0 amide bonds. The monoisotopic (exact) mass is 427 g/mol. The zero-order valence-electron chi connectivity index (χ0n) is 17.2. The maximum absolute atomic E-state index is 12.2. The van der Waals surface area contributed by atoms with Crippen molar-refractivity contribution in [2.45, 2.75) is 13.8 Å². The van der Waals surface area contributed by atoms with E-state index in [0.29, 0.717) is 11.3 Å². The predicted molar refractivity (Wildman–Crippen MR) is 126 cm³/mol. The number of hydrogen-bond donors (Lipinski definition) is 1. The zero-order valence-corrected chi connectivity index (χ0v) is 18.0. The van der Waals surface area contributed by atoms with Gasteiger partial charge in [-0.3, -0.25) is 5.43 Å². The van der Waals surface area contributed by atoms with E-state index in [9.17, 15) is 4.79 Å². The summed E-state index contributed by atoms with van der Waals surface area (Å²) >= 11 is 1.56. The first-order valence-corrected chi connectivity index (χ1v) is 10.6. The van der Waals surface area contributed by atoms with Gasteiger partial charge in [-0.2, -0.15) is 5.10 Å². The molecule has 0 saturated heterocycles. The van der Waals surface area contributed by atoms with Crippen LogP contribution in [0.5, 0.6) is 5.75 Å². The van der Waals surface area contributed by atoms with Gasteiger partial charge in [-0.1, -0.05) is 48.0 Å². The van der Waals surface area contributed by atoms with Gasteiger partial charge >= 0.3 is 5.97 Å². The van der Waals surface area contributed by atoms with Crippen LogP contribution in [0.25, 0.3) is 11.3 Å². The summed E-state index contributed by atoms with van der Waals surface area (Å²) in [7, 11) is 0. The molecule has 0 unspecified atom stereocenters. The number of rotatable bonds is 6. The highest BCUT2D eigenvalue weighted by atomic mass is 32.1. The van der Waals surface area contributed by atoms with Crippen LogP contribution in [0.3, 0.4) is 0 Å². The molecule has 5 nitrogen and oxygen atoms in total. The van der Waals surface area contributed by atoms with Crippen molar-refractivity contribution in [2.24, 2.45) is 5.10 Å². The van der Waals surface area contributed by atoms with Gasteiger partial charge in [-0.15, -0.1) is 11.3 Å². The van der Waals surface area contributed by atoms with Crippen LogP contribution in [-0.4, -0.2) is 17.2 Å². The lowest BCUT2D eigenvalue weighted by molar-refractivity contribution is 0.0735. The quantitative estimate of drug-likeness (QED) is 0.175. The van der Waals surface area contributed by atoms with Crippen molar-refractivity contribution in [1.29, 1.82) is 0 Å². The summed E-state index contributed by atoms with van der Waals surface area (Å²) < 4.78 is 5.42. The third kappa shape index (κ3) is 5.24. The molecule has 1 heterocycles. The van der Waals surface area contributed by atoms with E-state index in [0.717, 1.165) is 32.4 Å². The molecule has 0 aliphatic rings. The minimum absolute atomic E-state index is 0.378. The second-order valence-corrected chi connectivity index (χ2v) is 8.19. The summed E-state index contributed by atoms with van der Waals surface area (Å²) in [5.74, 6) is 0.107. The molecule has 6 heteroatoms. The van der Waals surface area contributed by atoms with Crippen LogP contribution in [0.1, 0.15) is 26.4 Å². The maximum atomic E-state index is 12.2. The lowest BCUT2D eigenvalue weighted by atomic mass is 10.1. The molecule has 0 spiro atoms. The van der Waals surface area contributed by atoms with Crippen molar-refractivity contribution in [3.8, 4) is 17.0 Å². The van der Waals surface area contributed by atoms with Crippen molar-refractivity contribution in [3.63, 3.8) is 0 Å². The Kier molecular flexibility index (Phi) is 6.19. The summed E-state index contributed by atoms with van der Waals surface area (Å²) in [4.78, 5) is 18.0. The normalized spacial score (nSPS) is 10.9. The molecule has 0 fully saturated rings. The molecule has 0 aliphatic heterocycles. The second-order valence-electron chi connectivity index (χ2n) is 6.98. The predicted octanol–water partition coefficient (Wildman–Crippen LogP) is 6.09. The van der Waals surface area contributed by atoms with Gasteiger partial charge in [0.15, 0.2) is 0 Å². The van der Waals surface area contributed by atoms with E-state index in [4.69, 9.17) is 4.74 Å². The Bertz CT molecular complexity index is 1200. The van der Waals surface area contributed by atoms with Crippen LogP contribution in [0.15, 0.2) is 84.0 Å². The zero-order chi connectivity index (χ0) is 21.6. The first-order chi connectivity index (χ1) is 15.1. The summed E-state index contributed by atoms with van der Waals surface area (Å²) in [6.45, 7) is 4.02. The number of thiazole rings is 1. The number of nitrogens with zero attached hydrogens (tertiary/aromatic N) is 2. The van der Waals surface area contributed by atoms with Crippen LogP contribution in [0.4, 0.5) is 5.13 Å². The van der Waals surface area contributed by atoms with E-state index < -0.39 is 0 Å². The molecule has 1 N–H and O–H groups in total. The topological polar surface area (TPSA) is 63.6 Å². The van der Waals surface area contributed by atoms with E-state index in [1.165, 1.54) is 0 Å². The molecule has 3 aromatic carbocycles. The van der Waals surface area contributed by atoms with E-state index >= 15 is 0 Å². The van der Waals surface area contributed by atoms with E-state index in [-0.39, 0.29) is 5.97 Å². The Morgan fingerprint density at radius 3 is 2.39 bits per heavy atom. The number of carbonyl (C=O) groups excluding carboxylic acids is 1. The molecule has 4 aromatic rings. The Morgan fingerprint density at radius 1 is 0.968 bits per heavy atom. The number of aryl methyl sites for hydroxylation is 2. The number of nitrogens with one attached hydrogen (secondary N) is 1. The van der Waals surface area contributed by atoms with Gasteiger partial charge in [0.1, 0.15) is 5.75 Å². The second kappa shape index (κ2) is 9.36. The van der Waals surface area contributed by atoms with Gasteiger partial charge in [0.05, 0.1) is 17.5 Å². The first kappa shape index (κ1) is 20.5. The van der Waals surface area contributed by atoms with Crippen molar-refractivity contribution in [1.82, 2.24) is 4.98 Å². The van der Waals surface area contributed by atoms with Gasteiger partial charge in [0, 0.05) is 10.4 Å². The fraction of sp³-hybridized carbons (Fsp3) is 0.0800. The van der Waals surface area contributed by atoms with Gasteiger partial charge < -0.3 is 4.74 Å². The number of hydrazone groups is 1. The number of ether oxygens (including phenoxy) is 1. The van der Waals surface area contributed by atoms with Crippen LogP contribution in [0, 0.1) is 13.8 Å². The Morgan fingerprint density at radius 2 is 1.68 bits per heavy atom. The van der Waals surface area contributed by atoms with Crippen LogP contribution >= 0.6 is 11.3 Å². The third-order valence-corrected chi connectivity index (χ3v) is 5.47. The highest BCUT2D eigenvalue weighted by Crippen LogP contribution is 2.30. The lowest BCUT2D eigenvalue weighted by Gasteiger charge is -2.05. The maximum Gasteiger partial charge on any atom is 0.343 e. The van der Waals surface area contributed by atoms with Crippen molar-refractivity contribution < 1.29 is 9.53 Å². The molecule has 0 aliphatic carbocycles. The largest absolute Gasteiger partial charge is 0.423 e. The summed E-state index contributed by atoms with van der Waals surface area (Å²) in [5, 5.41) is 5.00. The highest BCUT2D eigenvalue weighted by Gasteiger charge is 2.09. The Balaban J connectivity index is 1.36. The molecule has 0 radical (unpaired) electrons. The van der Waals surface area contributed by atoms with Crippen molar-refractivity contribution in [3.05, 3.63) is 100 Å². The number of anilines is 1. The van der Waals surface area contributed by atoms with Crippen LogP contribution < -0.4 is 10.2 Å². The summed E-state index contributed by atoms with van der Waals surface area (Å²) in [6, 6.07) is 24.5. The average Bonchev–Trinajstić information content (AvgIpc) is 3.16. The lowest BCUT2D eigenvalue weighted by Crippen LogP contribution is -2.08. The molecular weight excluding hydrogens is 406 g/mol. The Hall–Kier alpha value is -3.77. The first-order valence-electron chi connectivity index (χ1n) is 9.79. The molecule has 1 aromatic heterocycles. The van der Waals surface area contributed by atoms with E-state index in [1.54, 1.807) is 41.8 Å². The van der Waals surface area contributed by atoms with E-state index in [2.05, 4.69) is 15.5 Å². The molecule has 0 bridgehead atoms. The van der Waals surface area contributed by atoms with Gasteiger partial charge in [0.25, 0.3) is 0 Å². The number of hydrogen-bond acceptors (Lipinski definition) is 6. The fourth-order valence-corrected chi connectivity index (χ4v) is 3.73. The molecular formula is C25H21N3O2S. The van der Waals surface area contributed by atoms with Crippen LogP contribution in [-0.2, 0) is 0 Å². The fourth-order valence-electron chi connectivity index (χ4n) is 2.95. The SMILES string of the molecule is Cc1ccc(C(=O)Oc2ccc(/C=N\Nc3nc(-c4ccccc4)c(C)s3)cc2)cc1. The highest BCUT2D eigenvalue weighted by molar-refractivity contribution is 7.15. The standard InChI is InChI=1S/C25H21N3O2S/c1-17-8-12-21(13-9-17)24(29)30-22-14-10-19(11-15-22)16-26-28-25-27-23(18(2)31-25)20-6-4-3-5-7-20/h3-16H,1-2H3,(H,27,28)/b26-16-. The molecule has 31 heavy (non-hydrogen) atoms.